The topological polar surface area (TPSA) is 33.7 Å². The number of rotatable bonds is 3. The van der Waals surface area contributed by atoms with Gasteiger partial charge in [0.15, 0.2) is 5.79 Å². The van der Waals surface area contributed by atoms with E-state index in [1.165, 1.54) is 49.3 Å². The lowest BCUT2D eigenvalue weighted by Crippen LogP contribution is -2.46. The molecule has 1 aliphatic carbocycles. The molecule has 1 spiro atoms. The zero-order chi connectivity index (χ0) is 14.1. The molecule has 1 aromatic rings. The summed E-state index contributed by atoms with van der Waals surface area (Å²) in [6.07, 6.45) is 3.56. The Morgan fingerprint density at radius 2 is 2.10 bits per heavy atom. The molecule has 0 bridgehead atoms. The van der Waals surface area contributed by atoms with Crippen molar-refractivity contribution in [3.05, 3.63) is 21.9 Å². The fraction of sp³-hybridized carbons (Fsp3) is 0.750. The van der Waals surface area contributed by atoms with Gasteiger partial charge in [0.05, 0.1) is 13.2 Å². The number of nitrogens with one attached hydrogen (secondary N) is 1. The third-order valence-corrected chi connectivity index (χ3v) is 6.08. The summed E-state index contributed by atoms with van der Waals surface area (Å²) < 4.78 is 12.3. The molecule has 3 aliphatic rings. The monoisotopic (exact) mass is 308 g/mol. The van der Waals surface area contributed by atoms with Crippen LogP contribution in [-0.4, -0.2) is 50.8 Å². The molecule has 0 radical (unpaired) electrons. The van der Waals surface area contributed by atoms with Crippen LogP contribution in [0.5, 0.6) is 0 Å². The summed E-state index contributed by atoms with van der Waals surface area (Å²) in [6.45, 7) is 7.23. The highest BCUT2D eigenvalue weighted by molar-refractivity contribution is 7.10. The third kappa shape index (κ3) is 2.55. The SMILES string of the molecule is c1cc2c(s1)CCC(CCN1CCNCC1)C21OCCO1. The molecule has 0 amide bonds. The Morgan fingerprint density at radius 3 is 2.90 bits per heavy atom. The Balaban J connectivity index is 1.49. The van der Waals surface area contributed by atoms with Crippen LogP contribution in [0.1, 0.15) is 23.3 Å². The van der Waals surface area contributed by atoms with Crippen molar-refractivity contribution in [2.75, 3.05) is 45.9 Å². The van der Waals surface area contributed by atoms with Gasteiger partial charge in [-0.15, -0.1) is 11.3 Å². The van der Waals surface area contributed by atoms with Gasteiger partial charge in [-0.25, -0.2) is 0 Å². The predicted molar refractivity (Wildman–Crippen MR) is 83.6 cm³/mol. The first kappa shape index (κ1) is 14.2. The highest BCUT2D eigenvalue weighted by Gasteiger charge is 2.49. The van der Waals surface area contributed by atoms with Gasteiger partial charge in [-0.05, 0) is 37.3 Å². The maximum atomic E-state index is 6.17. The molecule has 2 aliphatic heterocycles. The molecule has 21 heavy (non-hydrogen) atoms. The Morgan fingerprint density at radius 1 is 1.29 bits per heavy atom. The van der Waals surface area contributed by atoms with Crippen LogP contribution < -0.4 is 5.32 Å². The molecule has 5 heteroatoms. The van der Waals surface area contributed by atoms with Crippen molar-refractivity contribution in [1.29, 1.82) is 0 Å². The first-order valence-electron chi connectivity index (χ1n) is 8.16. The van der Waals surface area contributed by atoms with Gasteiger partial charge in [0, 0.05) is 42.5 Å². The molecule has 4 rings (SSSR count). The predicted octanol–water partition coefficient (Wildman–Crippen LogP) is 1.81. The third-order valence-electron chi connectivity index (χ3n) is 5.10. The van der Waals surface area contributed by atoms with Crippen LogP contribution in [0.3, 0.4) is 0 Å². The summed E-state index contributed by atoms with van der Waals surface area (Å²) in [4.78, 5) is 4.04. The van der Waals surface area contributed by atoms with Gasteiger partial charge >= 0.3 is 0 Å². The summed E-state index contributed by atoms with van der Waals surface area (Å²) in [5.74, 6) is 0.0683. The van der Waals surface area contributed by atoms with Crippen LogP contribution in [0.15, 0.2) is 11.4 Å². The average Bonchev–Trinajstić information content (AvgIpc) is 3.18. The second-order valence-corrected chi connectivity index (χ2v) is 7.24. The van der Waals surface area contributed by atoms with Crippen molar-refractivity contribution in [2.45, 2.75) is 25.0 Å². The molecule has 0 aromatic carbocycles. The Kier molecular flexibility index (Phi) is 4.02. The van der Waals surface area contributed by atoms with Crippen LogP contribution in [0.2, 0.25) is 0 Å². The number of ether oxygens (including phenoxy) is 2. The fourth-order valence-corrected chi connectivity index (χ4v) is 4.93. The zero-order valence-corrected chi connectivity index (χ0v) is 13.3. The highest BCUT2D eigenvalue weighted by atomic mass is 32.1. The summed E-state index contributed by atoms with van der Waals surface area (Å²) in [5, 5.41) is 5.61. The van der Waals surface area contributed by atoms with E-state index in [4.69, 9.17) is 9.47 Å². The van der Waals surface area contributed by atoms with Crippen molar-refractivity contribution < 1.29 is 9.47 Å². The minimum atomic E-state index is -0.429. The number of hydrogen-bond donors (Lipinski definition) is 1. The molecular weight excluding hydrogens is 284 g/mol. The summed E-state index contributed by atoms with van der Waals surface area (Å²) >= 11 is 1.86. The molecule has 0 saturated carbocycles. The molecule has 116 valence electrons. The van der Waals surface area contributed by atoms with Gasteiger partial charge in [0.25, 0.3) is 0 Å². The molecule has 3 heterocycles. The number of thiophene rings is 1. The van der Waals surface area contributed by atoms with E-state index in [0.717, 1.165) is 26.3 Å². The summed E-state index contributed by atoms with van der Waals surface area (Å²) in [5.41, 5.74) is 1.32. The van der Waals surface area contributed by atoms with E-state index in [9.17, 15) is 0 Å². The lowest BCUT2D eigenvalue weighted by molar-refractivity contribution is -0.213. The van der Waals surface area contributed by atoms with Crippen LogP contribution >= 0.6 is 11.3 Å². The van der Waals surface area contributed by atoms with Gasteiger partial charge < -0.3 is 19.7 Å². The van der Waals surface area contributed by atoms with Crippen LogP contribution in [0.4, 0.5) is 0 Å². The second-order valence-electron chi connectivity index (χ2n) is 6.24. The van der Waals surface area contributed by atoms with Gasteiger partial charge in [-0.2, -0.15) is 0 Å². The average molecular weight is 308 g/mol. The van der Waals surface area contributed by atoms with Gasteiger partial charge in [0.1, 0.15) is 0 Å². The molecule has 1 atom stereocenters. The second kappa shape index (κ2) is 5.97. The minimum absolute atomic E-state index is 0.429. The quantitative estimate of drug-likeness (QED) is 0.923. The lowest BCUT2D eigenvalue weighted by atomic mass is 9.80. The summed E-state index contributed by atoms with van der Waals surface area (Å²) in [7, 11) is 0. The van der Waals surface area contributed by atoms with E-state index < -0.39 is 5.79 Å². The van der Waals surface area contributed by atoms with E-state index in [1.807, 2.05) is 11.3 Å². The molecular formula is C16H24N2O2S. The van der Waals surface area contributed by atoms with Gasteiger partial charge in [-0.3, -0.25) is 0 Å². The summed E-state index contributed by atoms with van der Waals surface area (Å²) in [6, 6.07) is 2.22. The van der Waals surface area contributed by atoms with Crippen molar-refractivity contribution in [1.82, 2.24) is 10.2 Å². The van der Waals surface area contributed by atoms with Crippen LogP contribution in [0, 0.1) is 5.92 Å². The largest absolute Gasteiger partial charge is 0.343 e. The fourth-order valence-electron chi connectivity index (χ4n) is 3.99. The van der Waals surface area contributed by atoms with Crippen molar-refractivity contribution in [3.63, 3.8) is 0 Å². The van der Waals surface area contributed by atoms with E-state index >= 15 is 0 Å². The number of aryl methyl sites for hydroxylation is 1. The number of nitrogens with zero attached hydrogens (tertiary/aromatic N) is 1. The van der Waals surface area contributed by atoms with E-state index in [0.29, 0.717) is 5.92 Å². The van der Waals surface area contributed by atoms with E-state index in [-0.39, 0.29) is 0 Å². The Labute approximate surface area is 130 Å². The van der Waals surface area contributed by atoms with Gasteiger partial charge in [0.2, 0.25) is 0 Å². The number of fused-ring (bicyclic) bond motifs is 2. The molecule has 4 nitrogen and oxygen atoms in total. The molecule has 2 saturated heterocycles. The number of hydrogen-bond acceptors (Lipinski definition) is 5. The Hall–Kier alpha value is -0.460. The first-order chi connectivity index (χ1) is 10.4. The van der Waals surface area contributed by atoms with Crippen LogP contribution in [0.25, 0.3) is 0 Å². The smallest absolute Gasteiger partial charge is 0.199 e. The lowest BCUT2D eigenvalue weighted by Gasteiger charge is -2.40. The van der Waals surface area contributed by atoms with Crippen LogP contribution in [-0.2, 0) is 21.7 Å². The van der Waals surface area contributed by atoms with Crippen molar-refractivity contribution in [2.24, 2.45) is 5.92 Å². The molecule has 1 unspecified atom stereocenters. The number of piperazine rings is 1. The standard InChI is InChI=1S/C16H24N2O2S/c1-2-15-14(4-12-21-15)16(19-10-11-20-16)13(1)3-7-18-8-5-17-6-9-18/h4,12-13,17H,1-3,5-11H2. The van der Waals surface area contributed by atoms with Gasteiger partial charge in [-0.1, -0.05) is 0 Å². The normalized spacial score (nSPS) is 28.9. The zero-order valence-electron chi connectivity index (χ0n) is 12.5. The van der Waals surface area contributed by atoms with Crippen molar-refractivity contribution in [3.8, 4) is 0 Å². The maximum Gasteiger partial charge on any atom is 0.199 e. The van der Waals surface area contributed by atoms with Crippen molar-refractivity contribution >= 4 is 11.3 Å². The maximum absolute atomic E-state index is 6.17. The molecule has 1 aromatic heterocycles. The molecule has 2 fully saturated rings. The molecule has 1 N–H and O–H groups in total. The minimum Gasteiger partial charge on any atom is -0.343 e. The first-order valence-corrected chi connectivity index (χ1v) is 9.04. The highest BCUT2D eigenvalue weighted by Crippen LogP contribution is 2.48. The van der Waals surface area contributed by atoms with E-state index in [2.05, 4.69) is 21.7 Å². The van der Waals surface area contributed by atoms with E-state index in [1.54, 1.807) is 0 Å². The Bertz CT molecular complexity index is 478.